The minimum atomic E-state index is -4.44. The van der Waals surface area contributed by atoms with E-state index >= 15 is 0 Å². The lowest BCUT2D eigenvalue weighted by molar-refractivity contribution is -0.137. The first-order chi connectivity index (χ1) is 14.9. The molecular weight excluding hydrogens is 415 g/mol. The van der Waals surface area contributed by atoms with E-state index in [0.717, 1.165) is 12.1 Å². The standard InChI is InChI=1S/C20H20F3N5O3/c21-20(22,23)15-4-1-3-14(11-15)18-25-17(31-26-18)13-27-6-8-28(9-7-27)19(29)24-12-16-5-2-10-30-16/h1-5,10-11H,6-9,12-13H2,(H,24,29). The molecule has 0 aliphatic carbocycles. The van der Waals surface area contributed by atoms with Gasteiger partial charge in [0.25, 0.3) is 0 Å². The summed E-state index contributed by atoms with van der Waals surface area (Å²) in [7, 11) is 0. The summed E-state index contributed by atoms with van der Waals surface area (Å²) in [6, 6.07) is 8.19. The van der Waals surface area contributed by atoms with Crippen LogP contribution in [0.3, 0.4) is 0 Å². The number of hydrogen-bond acceptors (Lipinski definition) is 6. The average molecular weight is 435 g/mol. The highest BCUT2D eigenvalue weighted by Gasteiger charge is 2.31. The molecule has 31 heavy (non-hydrogen) atoms. The van der Waals surface area contributed by atoms with Crippen molar-refractivity contribution < 1.29 is 26.9 Å². The van der Waals surface area contributed by atoms with Crippen LogP contribution in [0.1, 0.15) is 17.2 Å². The van der Waals surface area contributed by atoms with E-state index in [1.807, 2.05) is 4.90 Å². The molecule has 2 aromatic heterocycles. The van der Waals surface area contributed by atoms with Crippen molar-refractivity contribution in [3.05, 3.63) is 59.9 Å². The number of piperazine rings is 1. The first kappa shape index (κ1) is 20.9. The molecule has 0 unspecified atom stereocenters. The number of nitrogens with zero attached hydrogens (tertiary/aromatic N) is 4. The van der Waals surface area contributed by atoms with E-state index in [9.17, 15) is 18.0 Å². The Balaban J connectivity index is 1.29. The smallest absolute Gasteiger partial charge is 0.416 e. The number of nitrogens with one attached hydrogen (secondary N) is 1. The molecule has 1 aromatic carbocycles. The zero-order valence-corrected chi connectivity index (χ0v) is 16.4. The van der Waals surface area contributed by atoms with Gasteiger partial charge in [-0.15, -0.1) is 0 Å². The predicted molar refractivity (Wildman–Crippen MR) is 103 cm³/mol. The topological polar surface area (TPSA) is 87.6 Å². The zero-order chi connectivity index (χ0) is 21.8. The number of carbonyl (C=O) groups is 1. The van der Waals surface area contributed by atoms with Crippen LogP contribution in [-0.2, 0) is 19.3 Å². The Morgan fingerprint density at radius 1 is 1.13 bits per heavy atom. The second kappa shape index (κ2) is 8.80. The minimum Gasteiger partial charge on any atom is -0.467 e. The molecule has 1 saturated heterocycles. The number of rotatable bonds is 5. The van der Waals surface area contributed by atoms with Crippen LogP contribution in [-0.4, -0.2) is 52.2 Å². The molecule has 0 bridgehead atoms. The highest BCUT2D eigenvalue weighted by Crippen LogP contribution is 2.31. The van der Waals surface area contributed by atoms with Gasteiger partial charge in [-0.25, -0.2) is 4.79 Å². The Labute approximate surface area is 175 Å². The van der Waals surface area contributed by atoms with Crippen LogP contribution in [0.5, 0.6) is 0 Å². The molecule has 1 aliphatic heterocycles. The first-order valence-corrected chi connectivity index (χ1v) is 9.66. The van der Waals surface area contributed by atoms with Gasteiger partial charge in [-0.1, -0.05) is 17.3 Å². The number of carbonyl (C=O) groups excluding carboxylic acids is 1. The molecule has 0 atom stereocenters. The van der Waals surface area contributed by atoms with Gasteiger partial charge in [-0.3, -0.25) is 4.90 Å². The zero-order valence-electron chi connectivity index (χ0n) is 16.4. The lowest BCUT2D eigenvalue weighted by atomic mass is 10.1. The van der Waals surface area contributed by atoms with E-state index in [1.54, 1.807) is 23.3 Å². The van der Waals surface area contributed by atoms with E-state index in [-0.39, 0.29) is 17.4 Å². The third kappa shape index (κ3) is 5.23. The van der Waals surface area contributed by atoms with Crippen molar-refractivity contribution in [2.24, 2.45) is 0 Å². The van der Waals surface area contributed by atoms with Crippen LogP contribution in [0.4, 0.5) is 18.0 Å². The molecule has 0 spiro atoms. The van der Waals surface area contributed by atoms with Crippen molar-refractivity contribution in [3.63, 3.8) is 0 Å². The lowest BCUT2D eigenvalue weighted by Gasteiger charge is -2.33. The molecule has 8 nitrogen and oxygen atoms in total. The number of alkyl halides is 3. The third-order valence-corrected chi connectivity index (χ3v) is 4.93. The number of hydrogen-bond donors (Lipinski definition) is 1. The van der Waals surface area contributed by atoms with Crippen molar-refractivity contribution in [1.29, 1.82) is 0 Å². The van der Waals surface area contributed by atoms with Gasteiger partial charge in [0, 0.05) is 31.7 Å². The molecule has 1 N–H and O–H groups in total. The van der Waals surface area contributed by atoms with Gasteiger partial charge in [-0.2, -0.15) is 18.2 Å². The van der Waals surface area contributed by atoms with Gasteiger partial charge in [0.05, 0.1) is 24.9 Å². The van der Waals surface area contributed by atoms with Gasteiger partial charge in [0.15, 0.2) is 0 Å². The molecule has 4 rings (SSSR count). The normalized spacial score (nSPS) is 15.3. The number of aromatic nitrogens is 2. The van der Waals surface area contributed by atoms with E-state index in [0.29, 0.717) is 50.9 Å². The Morgan fingerprint density at radius 2 is 1.94 bits per heavy atom. The molecule has 3 heterocycles. The quantitative estimate of drug-likeness (QED) is 0.661. The fraction of sp³-hybridized carbons (Fsp3) is 0.350. The van der Waals surface area contributed by atoms with Crippen LogP contribution in [0.15, 0.2) is 51.6 Å². The molecule has 1 fully saturated rings. The monoisotopic (exact) mass is 435 g/mol. The Morgan fingerprint density at radius 3 is 2.65 bits per heavy atom. The van der Waals surface area contributed by atoms with Crippen molar-refractivity contribution >= 4 is 6.03 Å². The second-order valence-electron chi connectivity index (χ2n) is 7.09. The summed E-state index contributed by atoms with van der Waals surface area (Å²) in [6.07, 6.45) is -2.89. The van der Waals surface area contributed by atoms with Gasteiger partial charge in [0.2, 0.25) is 11.7 Å². The highest BCUT2D eigenvalue weighted by molar-refractivity contribution is 5.74. The van der Waals surface area contributed by atoms with E-state index in [4.69, 9.17) is 8.94 Å². The SMILES string of the molecule is O=C(NCc1ccco1)N1CCN(Cc2nc(-c3cccc(C(F)(F)F)c3)no2)CC1. The van der Waals surface area contributed by atoms with E-state index in [1.165, 1.54) is 12.1 Å². The number of benzene rings is 1. The number of urea groups is 1. The fourth-order valence-corrected chi connectivity index (χ4v) is 3.26. The van der Waals surface area contributed by atoms with E-state index < -0.39 is 11.7 Å². The van der Waals surface area contributed by atoms with Crippen molar-refractivity contribution in [2.45, 2.75) is 19.3 Å². The molecule has 1 aliphatic rings. The largest absolute Gasteiger partial charge is 0.467 e. The molecule has 0 radical (unpaired) electrons. The number of halogens is 3. The lowest BCUT2D eigenvalue weighted by Crippen LogP contribution is -2.51. The fourth-order valence-electron chi connectivity index (χ4n) is 3.26. The minimum absolute atomic E-state index is 0.108. The predicted octanol–water partition coefficient (Wildman–Crippen LogP) is 3.38. The van der Waals surface area contributed by atoms with Crippen LogP contribution in [0, 0.1) is 0 Å². The maximum atomic E-state index is 12.9. The van der Waals surface area contributed by atoms with Gasteiger partial charge in [0.1, 0.15) is 5.76 Å². The summed E-state index contributed by atoms with van der Waals surface area (Å²) in [5, 5.41) is 6.61. The summed E-state index contributed by atoms with van der Waals surface area (Å²) in [5.41, 5.74) is -0.527. The average Bonchev–Trinajstić information content (AvgIpc) is 3.44. The molecule has 164 valence electrons. The van der Waals surface area contributed by atoms with Crippen LogP contribution >= 0.6 is 0 Å². The number of furan rings is 1. The molecule has 2 amide bonds. The summed E-state index contributed by atoms with van der Waals surface area (Å²) in [5.74, 6) is 1.10. The maximum Gasteiger partial charge on any atom is 0.416 e. The Hall–Kier alpha value is -3.34. The van der Waals surface area contributed by atoms with Crippen LogP contribution < -0.4 is 5.32 Å². The molecule has 0 saturated carbocycles. The van der Waals surface area contributed by atoms with Gasteiger partial charge < -0.3 is 19.2 Å². The maximum absolute atomic E-state index is 12.9. The summed E-state index contributed by atoms with van der Waals surface area (Å²) < 4.78 is 49.1. The molecule has 11 heteroatoms. The Kier molecular flexibility index (Phi) is 5.94. The second-order valence-corrected chi connectivity index (χ2v) is 7.09. The summed E-state index contributed by atoms with van der Waals surface area (Å²) >= 11 is 0. The Bertz CT molecular complexity index is 1010. The van der Waals surface area contributed by atoms with Crippen LogP contribution in [0.25, 0.3) is 11.4 Å². The van der Waals surface area contributed by atoms with Crippen molar-refractivity contribution in [3.8, 4) is 11.4 Å². The van der Waals surface area contributed by atoms with Gasteiger partial charge >= 0.3 is 12.2 Å². The van der Waals surface area contributed by atoms with Crippen molar-refractivity contribution in [2.75, 3.05) is 26.2 Å². The highest BCUT2D eigenvalue weighted by atomic mass is 19.4. The summed E-state index contributed by atoms with van der Waals surface area (Å²) in [4.78, 5) is 20.2. The van der Waals surface area contributed by atoms with Gasteiger partial charge in [-0.05, 0) is 24.3 Å². The van der Waals surface area contributed by atoms with E-state index in [2.05, 4.69) is 15.5 Å². The van der Waals surface area contributed by atoms with Crippen LogP contribution in [0.2, 0.25) is 0 Å². The molecule has 3 aromatic rings. The first-order valence-electron chi connectivity index (χ1n) is 9.66. The third-order valence-electron chi connectivity index (χ3n) is 4.93. The van der Waals surface area contributed by atoms with Crippen molar-refractivity contribution in [1.82, 2.24) is 25.3 Å². The molecular formula is C20H20F3N5O3. The summed E-state index contributed by atoms with van der Waals surface area (Å²) in [6.45, 7) is 2.95. The number of amides is 2.